The topological polar surface area (TPSA) is 30.9 Å². The van der Waals surface area contributed by atoms with Crippen molar-refractivity contribution in [3.63, 3.8) is 0 Å². The quantitative estimate of drug-likeness (QED) is 0.179. The van der Waals surface area contributed by atoms with Gasteiger partial charge in [-0.15, -0.1) is 0 Å². The van der Waals surface area contributed by atoms with E-state index in [9.17, 15) is 0 Å². The van der Waals surface area contributed by atoms with Crippen LogP contribution in [-0.4, -0.2) is 4.57 Å². The van der Waals surface area contributed by atoms with Gasteiger partial charge in [0.25, 0.3) is 0 Å². The highest BCUT2D eigenvalue weighted by atomic mass is 15.0. The third-order valence-corrected chi connectivity index (χ3v) is 9.52. The molecular weight excluding hydrogens is 605 g/mol. The average molecular weight is 645 g/mol. The molecule has 1 heterocycles. The third-order valence-electron chi connectivity index (χ3n) is 9.52. The van der Waals surface area contributed by atoms with Crippen LogP contribution in [-0.2, 0) is 0 Å². The van der Waals surface area contributed by atoms with Gasteiger partial charge < -0.3 is 10.3 Å². The van der Waals surface area contributed by atoms with Gasteiger partial charge in [0.15, 0.2) is 0 Å². The lowest BCUT2D eigenvalue weighted by molar-refractivity contribution is 1.20. The summed E-state index contributed by atoms with van der Waals surface area (Å²) in [5.41, 5.74) is 17.2. The van der Waals surface area contributed by atoms with Gasteiger partial charge in [0.1, 0.15) is 0 Å². The average Bonchev–Trinajstić information content (AvgIpc) is 3.51. The van der Waals surface area contributed by atoms with Crippen molar-refractivity contribution in [1.82, 2.24) is 4.57 Å². The molecule has 0 aliphatic heterocycles. The second kappa shape index (κ2) is 14.0. The third kappa shape index (κ3) is 5.93. The summed E-state index contributed by atoms with van der Waals surface area (Å²) in [6.45, 7) is 11.7. The van der Waals surface area contributed by atoms with E-state index in [0.29, 0.717) is 0 Å². The van der Waals surface area contributed by atoms with E-state index >= 15 is 0 Å². The largest absolute Gasteiger partial charge is 0.404 e. The number of rotatable bonds is 6. The van der Waals surface area contributed by atoms with Crippen LogP contribution in [0.5, 0.6) is 0 Å². The highest BCUT2D eigenvalue weighted by Gasteiger charge is 2.16. The molecular formula is C48H40N2. The van der Waals surface area contributed by atoms with Crippen LogP contribution in [0.25, 0.3) is 71.3 Å². The van der Waals surface area contributed by atoms with Gasteiger partial charge in [-0.1, -0.05) is 164 Å². The normalized spacial score (nSPS) is 11.9. The fourth-order valence-corrected chi connectivity index (χ4v) is 6.91. The summed E-state index contributed by atoms with van der Waals surface area (Å²) in [6.07, 6.45) is 7.33. The van der Waals surface area contributed by atoms with Gasteiger partial charge in [0.05, 0.1) is 16.7 Å². The monoisotopic (exact) mass is 644 g/mol. The fraction of sp³-hybridized carbons (Fsp3) is 0.0417. The molecule has 0 bridgehead atoms. The number of para-hydroxylation sites is 1. The maximum Gasteiger partial charge on any atom is 0.0619 e. The van der Waals surface area contributed by atoms with Crippen molar-refractivity contribution < 1.29 is 0 Å². The summed E-state index contributed by atoms with van der Waals surface area (Å²) in [5, 5.41) is 7.56. The number of nitrogens with two attached hydrogens (primary N) is 1. The number of aromatic nitrogens is 1. The molecule has 50 heavy (non-hydrogen) atoms. The number of allylic oxidation sites excluding steroid dienone is 5. The highest BCUT2D eigenvalue weighted by molar-refractivity contribution is 6.19. The molecule has 0 amide bonds. The molecule has 0 aliphatic rings. The van der Waals surface area contributed by atoms with Crippen LogP contribution < -0.4 is 5.73 Å². The Kier molecular flexibility index (Phi) is 9.01. The van der Waals surface area contributed by atoms with Gasteiger partial charge in [-0.05, 0) is 76.2 Å². The van der Waals surface area contributed by atoms with Gasteiger partial charge in [-0.3, -0.25) is 0 Å². The Morgan fingerprint density at radius 3 is 1.90 bits per heavy atom. The van der Waals surface area contributed by atoms with Crippen LogP contribution in [0, 0.1) is 6.92 Å². The molecule has 1 aromatic heterocycles. The molecule has 8 rings (SSSR count). The second-order valence-corrected chi connectivity index (χ2v) is 12.5. The van der Waals surface area contributed by atoms with Crippen molar-refractivity contribution in [1.29, 1.82) is 0 Å². The van der Waals surface area contributed by atoms with Crippen molar-refractivity contribution in [3.05, 3.63) is 200 Å². The number of benzene rings is 7. The van der Waals surface area contributed by atoms with Crippen LogP contribution in [0.15, 0.2) is 183 Å². The molecule has 2 heteroatoms. The summed E-state index contributed by atoms with van der Waals surface area (Å²) >= 11 is 0. The minimum atomic E-state index is 0.968. The van der Waals surface area contributed by atoms with E-state index in [1.807, 2.05) is 25.1 Å². The lowest BCUT2D eigenvalue weighted by atomic mass is 9.97. The van der Waals surface area contributed by atoms with E-state index in [4.69, 9.17) is 5.73 Å². The van der Waals surface area contributed by atoms with Crippen LogP contribution >= 0.6 is 0 Å². The number of fused-ring (bicyclic) bond motifs is 6. The minimum Gasteiger partial charge on any atom is -0.404 e. The predicted molar refractivity (Wildman–Crippen MR) is 219 cm³/mol. The summed E-state index contributed by atoms with van der Waals surface area (Å²) in [4.78, 5) is 0. The molecule has 2 nitrogen and oxygen atoms in total. The first-order valence-corrected chi connectivity index (χ1v) is 17.0. The van der Waals surface area contributed by atoms with E-state index in [2.05, 4.69) is 164 Å². The maximum atomic E-state index is 5.42. The lowest BCUT2D eigenvalue weighted by Gasteiger charge is -2.13. The molecule has 0 saturated heterocycles. The van der Waals surface area contributed by atoms with Gasteiger partial charge in [-0.25, -0.2) is 0 Å². The number of aryl methyl sites for hydroxylation is 1. The maximum absolute atomic E-state index is 5.42. The molecule has 0 atom stereocenters. The van der Waals surface area contributed by atoms with Crippen molar-refractivity contribution in [3.8, 4) is 16.8 Å². The summed E-state index contributed by atoms with van der Waals surface area (Å²) in [6, 6.07) is 52.4. The van der Waals surface area contributed by atoms with E-state index in [1.165, 1.54) is 71.3 Å². The van der Waals surface area contributed by atoms with Crippen LogP contribution in [0.1, 0.15) is 23.6 Å². The second-order valence-electron chi connectivity index (χ2n) is 12.5. The first-order valence-electron chi connectivity index (χ1n) is 17.0. The number of hydrogen-bond acceptors (Lipinski definition) is 1. The van der Waals surface area contributed by atoms with E-state index in [0.717, 1.165) is 16.7 Å². The molecule has 0 saturated carbocycles. The highest BCUT2D eigenvalue weighted by Crippen LogP contribution is 2.39. The van der Waals surface area contributed by atoms with E-state index in [1.54, 1.807) is 12.3 Å². The number of hydrogen-bond donors (Lipinski definition) is 1. The van der Waals surface area contributed by atoms with Crippen LogP contribution in [0.3, 0.4) is 0 Å². The van der Waals surface area contributed by atoms with Crippen molar-refractivity contribution in [2.75, 3.05) is 0 Å². The molecule has 0 radical (unpaired) electrons. The SMILES string of the molecule is C=C/C(=C\C)c1ccc(-c2ccc3c(ccc4c5ccccc5n(-c5cccc6ccccc56)c34)c2)cc1.C=C/C(=C\N)c1ccc(C)cc1. The van der Waals surface area contributed by atoms with Crippen LogP contribution in [0.4, 0.5) is 0 Å². The Balaban J connectivity index is 0.000000279. The Morgan fingerprint density at radius 1 is 0.560 bits per heavy atom. The molecule has 0 fully saturated rings. The van der Waals surface area contributed by atoms with Gasteiger partial charge in [-0.2, -0.15) is 0 Å². The molecule has 8 aromatic rings. The van der Waals surface area contributed by atoms with Crippen molar-refractivity contribution in [2.45, 2.75) is 13.8 Å². The first-order chi connectivity index (χ1) is 24.5. The van der Waals surface area contributed by atoms with Gasteiger partial charge in [0.2, 0.25) is 0 Å². The number of nitrogens with zero attached hydrogens (tertiary/aromatic N) is 1. The first kappa shape index (κ1) is 32.2. The summed E-state index contributed by atoms with van der Waals surface area (Å²) < 4.78 is 2.46. The summed E-state index contributed by atoms with van der Waals surface area (Å²) in [7, 11) is 0. The molecule has 7 aromatic carbocycles. The molecule has 2 N–H and O–H groups in total. The van der Waals surface area contributed by atoms with Gasteiger partial charge >= 0.3 is 0 Å². The molecule has 0 aliphatic carbocycles. The Bertz CT molecular complexity index is 2570. The zero-order valence-corrected chi connectivity index (χ0v) is 28.6. The zero-order chi connectivity index (χ0) is 34.6. The molecule has 242 valence electrons. The standard InChI is InChI=1S/C37H27N.C11H13N/c1-3-25(4-2)26-16-18-27(19-17-26)29-20-22-32-30(24-29)21-23-34-33-13-7-8-14-36(33)38(37(32)34)35-15-9-11-28-10-5-6-12-31(28)35;1-3-10(8-12)11-6-4-9(2)5-7-11/h3-24H,1H2,2H3;3-8H,1,12H2,2H3/b25-4+;10-8+. The summed E-state index contributed by atoms with van der Waals surface area (Å²) in [5.74, 6) is 0. The van der Waals surface area contributed by atoms with Crippen molar-refractivity contribution in [2.24, 2.45) is 5.73 Å². The predicted octanol–water partition coefficient (Wildman–Crippen LogP) is 12.8. The van der Waals surface area contributed by atoms with Crippen LogP contribution in [0.2, 0.25) is 0 Å². The van der Waals surface area contributed by atoms with E-state index < -0.39 is 0 Å². The smallest absolute Gasteiger partial charge is 0.0619 e. The van der Waals surface area contributed by atoms with Crippen molar-refractivity contribution >= 4 is 54.5 Å². The van der Waals surface area contributed by atoms with E-state index in [-0.39, 0.29) is 0 Å². The minimum absolute atomic E-state index is 0.968. The zero-order valence-electron chi connectivity index (χ0n) is 28.6. The van der Waals surface area contributed by atoms with Gasteiger partial charge in [0, 0.05) is 27.7 Å². The molecule has 0 spiro atoms. The Morgan fingerprint density at radius 2 is 1.18 bits per heavy atom. The lowest BCUT2D eigenvalue weighted by Crippen LogP contribution is -1.96. The Hall–Kier alpha value is -6.38. The fourth-order valence-electron chi connectivity index (χ4n) is 6.91. The molecule has 0 unspecified atom stereocenters. The Labute approximate surface area is 294 Å².